The lowest BCUT2D eigenvalue weighted by atomic mass is 9.97. The molecule has 1 atom stereocenters. The lowest BCUT2D eigenvalue weighted by Crippen LogP contribution is -2.09. The summed E-state index contributed by atoms with van der Waals surface area (Å²) in [6.07, 6.45) is 0.762. The lowest BCUT2D eigenvalue weighted by molar-refractivity contribution is 0.277. The molecular formula is C13H21NO2. The molecule has 0 radical (unpaired) electrons. The van der Waals surface area contributed by atoms with Crippen LogP contribution in [0.25, 0.3) is 0 Å². The van der Waals surface area contributed by atoms with Crippen molar-refractivity contribution >= 4 is 5.69 Å². The number of hydrogen-bond donors (Lipinski definition) is 1. The number of aliphatic hydroxyl groups is 1. The zero-order chi connectivity index (χ0) is 12.1. The fourth-order valence-corrected chi connectivity index (χ4v) is 1.73. The van der Waals surface area contributed by atoms with E-state index in [9.17, 15) is 0 Å². The second-order valence-electron chi connectivity index (χ2n) is 4.23. The molecule has 0 aliphatic rings. The molecule has 0 spiro atoms. The Bertz CT molecular complexity index is 337. The average molecular weight is 223 g/mol. The number of ether oxygens (including phenoxy) is 1. The maximum Gasteiger partial charge on any atom is 0.124 e. The van der Waals surface area contributed by atoms with E-state index in [0.29, 0.717) is 5.92 Å². The van der Waals surface area contributed by atoms with Crippen LogP contribution in [-0.2, 0) is 0 Å². The van der Waals surface area contributed by atoms with Gasteiger partial charge in [0, 0.05) is 32.5 Å². The van der Waals surface area contributed by atoms with Crippen LogP contribution in [0, 0.1) is 0 Å². The van der Waals surface area contributed by atoms with Gasteiger partial charge in [-0.3, -0.25) is 0 Å². The van der Waals surface area contributed by atoms with Crippen molar-refractivity contribution < 1.29 is 9.84 Å². The van der Waals surface area contributed by atoms with Gasteiger partial charge in [0.15, 0.2) is 0 Å². The SMILES string of the molecule is COc1cc(N(C)C)ccc1[C@H](C)CCO. The van der Waals surface area contributed by atoms with Gasteiger partial charge in [-0.1, -0.05) is 13.0 Å². The topological polar surface area (TPSA) is 32.7 Å². The van der Waals surface area contributed by atoms with Crippen LogP contribution in [0.3, 0.4) is 0 Å². The summed E-state index contributed by atoms with van der Waals surface area (Å²) in [7, 11) is 5.70. The minimum Gasteiger partial charge on any atom is -0.496 e. The van der Waals surface area contributed by atoms with Crippen LogP contribution in [0.1, 0.15) is 24.8 Å². The second kappa shape index (κ2) is 5.75. The third-order valence-corrected chi connectivity index (χ3v) is 2.83. The van der Waals surface area contributed by atoms with Crippen molar-refractivity contribution in [3.63, 3.8) is 0 Å². The number of aliphatic hydroxyl groups excluding tert-OH is 1. The number of rotatable bonds is 5. The number of methoxy groups -OCH3 is 1. The molecule has 0 amide bonds. The van der Waals surface area contributed by atoms with E-state index < -0.39 is 0 Å². The van der Waals surface area contributed by atoms with Gasteiger partial charge in [0.05, 0.1) is 7.11 Å². The average Bonchev–Trinajstić information content (AvgIpc) is 2.28. The molecule has 0 heterocycles. The summed E-state index contributed by atoms with van der Waals surface area (Å²) >= 11 is 0. The predicted octanol–water partition coefficient (Wildman–Crippen LogP) is 2.25. The van der Waals surface area contributed by atoms with Crippen LogP contribution in [0.4, 0.5) is 5.69 Å². The zero-order valence-corrected chi connectivity index (χ0v) is 10.5. The molecule has 16 heavy (non-hydrogen) atoms. The first kappa shape index (κ1) is 12.8. The molecule has 3 nitrogen and oxygen atoms in total. The summed E-state index contributed by atoms with van der Waals surface area (Å²) in [5, 5.41) is 8.96. The molecule has 0 aromatic heterocycles. The summed E-state index contributed by atoms with van der Waals surface area (Å²) in [6.45, 7) is 2.31. The fourth-order valence-electron chi connectivity index (χ4n) is 1.73. The van der Waals surface area contributed by atoms with E-state index in [1.54, 1.807) is 7.11 Å². The molecule has 0 aliphatic heterocycles. The first-order chi connectivity index (χ1) is 7.60. The van der Waals surface area contributed by atoms with E-state index in [0.717, 1.165) is 23.4 Å². The molecule has 0 fully saturated rings. The first-order valence-electron chi connectivity index (χ1n) is 5.56. The van der Waals surface area contributed by atoms with Gasteiger partial charge in [0.25, 0.3) is 0 Å². The number of hydrogen-bond acceptors (Lipinski definition) is 3. The Morgan fingerprint density at radius 2 is 2.06 bits per heavy atom. The molecule has 1 aromatic carbocycles. The molecule has 0 bridgehead atoms. The van der Waals surface area contributed by atoms with Gasteiger partial charge in [0.1, 0.15) is 5.75 Å². The molecule has 1 rings (SSSR count). The Balaban J connectivity index is 3.01. The van der Waals surface area contributed by atoms with E-state index in [4.69, 9.17) is 9.84 Å². The Labute approximate surface area is 97.7 Å². The summed E-state index contributed by atoms with van der Waals surface area (Å²) < 4.78 is 5.40. The highest BCUT2D eigenvalue weighted by atomic mass is 16.5. The Hall–Kier alpha value is -1.22. The third kappa shape index (κ3) is 2.89. The molecule has 0 saturated carbocycles. The van der Waals surface area contributed by atoms with E-state index in [1.807, 2.05) is 25.1 Å². The van der Waals surface area contributed by atoms with Gasteiger partial charge in [-0.25, -0.2) is 0 Å². The predicted molar refractivity (Wildman–Crippen MR) is 67.4 cm³/mol. The van der Waals surface area contributed by atoms with Crippen molar-refractivity contribution in [2.24, 2.45) is 0 Å². The Kier molecular flexibility index (Phi) is 4.62. The third-order valence-electron chi connectivity index (χ3n) is 2.83. The summed E-state index contributed by atoms with van der Waals surface area (Å²) in [5.74, 6) is 1.21. The normalized spacial score (nSPS) is 12.3. The zero-order valence-electron chi connectivity index (χ0n) is 10.5. The van der Waals surface area contributed by atoms with Crippen molar-refractivity contribution in [2.75, 3.05) is 32.7 Å². The molecular weight excluding hydrogens is 202 g/mol. The molecule has 0 aliphatic carbocycles. The number of benzene rings is 1. The summed E-state index contributed by atoms with van der Waals surface area (Å²) in [5.41, 5.74) is 2.28. The molecule has 0 saturated heterocycles. The minimum absolute atomic E-state index is 0.208. The Morgan fingerprint density at radius 1 is 1.38 bits per heavy atom. The van der Waals surface area contributed by atoms with Crippen molar-refractivity contribution in [3.8, 4) is 5.75 Å². The van der Waals surface area contributed by atoms with Gasteiger partial charge in [-0.2, -0.15) is 0 Å². The van der Waals surface area contributed by atoms with Gasteiger partial charge in [-0.05, 0) is 24.0 Å². The highest BCUT2D eigenvalue weighted by Gasteiger charge is 2.12. The monoisotopic (exact) mass is 223 g/mol. The standard InChI is InChI=1S/C13H21NO2/c1-10(7-8-15)12-6-5-11(14(2)3)9-13(12)16-4/h5-6,9-10,15H,7-8H2,1-4H3/t10-/m1/s1. The number of nitrogens with zero attached hydrogens (tertiary/aromatic N) is 1. The largest absolute Gasteiger partial charge is 0.496 e. The van der Waals surface area contributed by atoms with Crippen molar-refractivity contribution in [3.05, 3.63) is 23.8 Å². The summed E-state index contributed by atoms with van der Waals surface area (Å²) in [4.78, 5) is 2.04. The van der Waals surface area contributed by atoms with Crippen LogP contribution in [0.2, 0.25) is 0 Å². The van der Waals surface area contributed by atoms with Gasteiger partial charge >= 0.3 is 0 Å². The second-order valence-corrected chi connectivity index (χ2v) is 4.23. The first-order valence-corrected chi connectivity index (χ1v) is 5.56. The van der Waals surface area contributed by atoms with E-state index in [1.165, 1.54) is 0 Å². The molecule has 1 aromatic rings. The summed E-state index contributed by atoms with van der Waals surface area (Å²) in [6, 6.07) is 6.18. The maximum absolute atomic E-state index is 8.96. The lowest BCUT2D eigenvalue weighted by Gasteiger charge is -2.19. The molecule has 3 heteroatoms. The molecule has 0 unspecified atom stereocenters. The maximum atomic E-state index is 8.96. The minimum atomic E-state index is 0.208. The van der Waals surface area contributed by atoms with E-state index in [-0.39, 0.29) is 6.61 Å². The van der Waals surface area contributed by atoms with Crippen molar-refractivity contribution in [1.82, 2.24) is 0 Å². The number of anilines is 1. The molecule has 90 valence electrons. The van der Waals surface area contributed by atoms with Crippen molar-refractivity contribution in [2.45, 2.75) is 19.3 Å². The highest BCUT2D eigenvalue weighted by Crippen LogP contribution is 2.31. The Morgan fingerprint density at radius 3 is 2.56 bits per heavy atom. The van der Waals surface area contributed by atoms with Gasteiger partial charge in [0.2, 0.25) is 0 Å². The van der Waals surface area contributed by atoms with Crippen LogP contribution in [0.5, 0.6) is 5.75 Å². The van der Waals surface area contributed by atoms with Gasteiger partial charge in [-0.15, -0.1) is 0 Å². The van der Waals surface area contributed by atoms with Gasteiger partial charge < -0.3 is 14.7 Å². The smallest absolute Gasteiger partial charge is 0.124 e. The van der Waals surface area contributed by atoms with E-state index >= 15 is 0 Å². The van der Waals surface area contributed by atoms with Crippen LogP contribution < -0.4 is 9.64 Å². The quantitative estimate of drug-likeness (QED) is 0.831. The van der Waals surface area contributed by atoms with Crippen molar-refractivity contribution in [1.29, 1.82) is 0 Å². The van der Waals surface area contributed by atoms with Crippen LogP contribution in [-0.4, -0.2) is 32.9 Å². The van der Waals surface area contributed by atoms with Crippen LogP contribution >= 0.6 is 0 Å². The highest BCUT2D eigenvalue weighted by molar-refractivity contribution is 5.53. The fraction of sp³-hybridized carbons (Fsp3) is 0.538. The van der Waals surface area contributed by atoms with E-state index in [2.05, 4.69) is 19.1 Å². The molecule has 1 N–H and O–H groups in total. The van der Waals surface area contributed by atoms with Crippen LogP contribution in [0.15, 0.2) is 18.2 Å².